The molecule has 34 heavy (non-hydrogen) atoms. The van der Waals surface area contributed by atoms with Crippen LogP contribution in [0, 0.1) is 12.7 Å². The highest BCUT2D eigenvalue weighted by atomic mass is 35.5. The number of anilines is 1. The fourth-order valence-corrected chi connectivity index (χ4v) is 5.34. The van der Waals surface area contributed by atoms with Gasteiger partial charge in [0.25, 0.3) is 5.91 Å². The van der Waals surface area contributed by atoms with Gasteiger partial charge in [-0.1, -0.05) is 17.7 Å². The lowest BCUT2D eigenvalue weighted by atomic mass is 10.2. The molecular weight excluding hydrogens is 483 g/mol. The van der Waals surface area contributed by atoms with E-state index < -0.39 is 27.3 Å². The molecule has 4 rings (SSSR count). The second kappa shape index (κ2) is 10.3. The first kappa shape index (κ1) is 24.4. The average Bonchev–Trinajstić information content (AvgIpc) is 3.50. The highest BCUT2D eigenvalue weighted by Crippen LogP contribution is 2.25. The molecule has 0 aliphatic carbocycles. The highest BCUT2D eigenvalue weighted by Gasteiger charge is 2.31. The Bertz CT molecular complexity index is 1270. The van der Waals surface area contributed by atoms with Crippen molar-refractivity contribution in [3.63, 3.8) is 0 Å². The molecule has 1 aliphatic rings. The van der Waals surface area contributed by atoms with Crippen molar-refractivity contribution in [2.45, 2.75) is 37.3 Å². The Morgan fingerprint density at radius 2 is 2.06 bits per heavy atom. The van der Waals surface area contributed by atoms with Crippen molar-refractivity contribution >= 4 is 33.2 Å². The number of nitrogens with one attached hydrogen (secondary N) is 1. The van der Waals surface area contributed by atoms with Gasteiger partial charge < -0.3 is 14.5 Å². The number of halogens is 2. The van der Waals surface area contributed by atoms with Crippen LogP contribution in [0.5, 0.6) is 0 Å². The molecule has 0 saturated carbocycles. The van der Waals surface area contributed by atoms with Crippen LogP contribution < -0.4 is 5.32 Å². The first-order valence-corrected chi connectivity index (χ1v) is 12.6. The van der Waals surface area contributed by atoms with Gasteiger partial charge in [-0.15, -0.1) is 0 Å². The summed E-state index contributed by atoms with van der Waals surface area (Å²) >= 11 is 6.09. The Kier molecular flexibility index (Phi) is 7.37. The molecule has 10 heteroatoms. The largest absolute Gasteiger partial charge is 0.468 e. The molecule has 0 unspecified atom stereocenters. The third-order valence-electron chi connectivity index (χ3n) is 5.59. The van der Waals surface area contributed by atoms with Crippen LogP contribution in [-0.4, -0.2) is 37.9 Å². The molecule has 2 aromatic carbocycles. The van der Waals surface area contributed by atoms with Crippen LogP contribution >= 0.6 is 11.6 Å². The summed E-state index contributed by atoms with van der Waals surface area (Å²) in [7, 11) is -4.10. The molecule has 180 valence electrons. The summed E-state index contributed by atoms with van der Waals surface area (Å²) in [4.78, 5) is 12.6. The number of carbonyl (C=O) groups is 1. The summed E-state index contributed by atoms with van der Waals surface area (Å²) in [5, 5.41) is 3.01. The molecule has 7 nitrogen and oxygen atoms in total. The van der Waals surface area contributed by atoms with Gasteiger partial charge in [0.1, 0.15) is 11.6 Å². The number of benzene rings is 2. The first-order chi connectivity index (χ1) is 16.2. The molecule has 2 heterocycles. The van der Waals surface area contributed by atoms with Gasteiger partial charge in [-0.3, -0.25) is 4.79 Å². The minimum absolute atomic E-state index is 0.0179. The zero-order chi connectivity index (χ0) is 24.3. The van der Waals surface area contributed by atoms with Crippen LogP contribution in [0.3, 0.4) is 0 Å². The Hall–Kier alpha value is -2.72. The Balaban J connectivity index is 1.62. The third kappa shape index (κ3) is 5.50. The van der Waals surface area contributed by atoms with Gasteiger partial charge in [0.15, 0.2) is 0 Å². The lowest BCUT2D eigenvalue weighted by Crippen LogP contribution is -2.37. The predicted octanol–water partition coefficient (Wildman–Crippen LogP) is 5.00. The highest BCUT2D eigenvalue weighted by molar-refractivity contribution is 7.89. The monoisotopic (exact) mass is 506 g/mol. The minimum atomic E-state index is -4.10. The van der Waals surface area contributed by atoms with E-state index in [4.69, 9.17) is 20.8 Å². The summed E-state index contributed by atoms with van der Waals surface area (Å²) in [6.07, 6.45) is 2.80. The normalized spacial score (nSPS) is 16.2. The Morgan fingerprint density at radius 1 is 1.24 bits per heavy atom. The van der Waals surface area contributed by atoms with Gasteiger partial charge in [0.05, 0.1) is 29.4 Å². The van der Waals surface area contributed by atoms with Crippen molar-refractivity contribution in [3.8, 4) is 0 Å². The quantitative estimate of drug-likeness (QED) is 0.464. The summed E-state index contributed by atoms with van der Waals surface area (Å²) in [6.45, 7) is 2.48. The van der Waals surface area contributed by atoms with Crippen molar-refractivity contribution in [3.05, 3.63) is 82.5 Å². The number of hydrogen-bond acceptors (Lipinski definition) is 5. The molecule has 3 aromatic rings. The molecule has 0 spiro atoms. The van der Waals surface area contributed by atoms with E-state index in [2.05, 4.69) is 5.32 Å². The van der Waals surface area contributed by atoms with Crippen molar-refractivity contribution in [2.75, 3.05) is 18.5 Å². The molecule has 0 bridgehead atoms. The van der Waals surface area contributed by atoms with Gasteiger partial charge in [-0.25, -0.2) is 12.8 Å². The van der Waals surface area contributed by atoms with Crippen LogP contribution in [0.15, 0.2) is 64.1 Å². The number of ether oxygens (including phenoxy) is 1. The van der Waals surface area contributed by atoms with E-state index in [0.29, 0.717) is 23.1 Å². The second-order valence-corrected chi connectivity index (χ2v) is 10.4. The van der Waals surface area contributed by atoms with Crippen LogP contribution in [-0.2, 0) is 21.3 Å². The Labute approximate surface area is 202 Å². The first-order valence-electron chi connectivity index (χ1n) is 10.8. The van der Waals surface area contributed by atoms with Gasteiger partial charge in [0, 0.05) is 23.9 Å². The molecule has 1 saturated heterocycles. The molecule has 1 N–H and O–H groups in total. The zero-order valence-electron chi connectivity index (χ0n) is 18.5. The van der Waals surface area contributed by atoms with Gasteiger partial charge in [-0.05, 0) is 67.8 Å². The number of hydrogen-bond donors (Lipinski definition) is 1. The number of amides is 1. The molecule has 0 radical (unpaired) electrons. The lowest BCUT2D eigenvalue weighted by Gasteiger charge is -2.24. The number of furan rings is 1. The maximum atomic E-state index is 14.6. The summed E-state index contributed by atoms with van der Waals surface area (Å²) < 4.78 is 53.8. The van der Waals surface area contributed by atoms with Crippen LogP contribution in [0.2, 0.25) is 5.02 Å². The van der Waals surface area contributed by atoms with E-state index in [-0.39, 0.29) is 24.1 Å². The molecule has 1 atom stereocenters. The number of nitrogens with zero attached hydrogens (tertiary/aromatic N) is 1. The van der Waals surface area contributed by atoms with Crippen molar-refractivity contribution in [2.24, 2.45) is 0 Å². The van der Waals surface area contributed by atoms with Crippen LogP contribution in [0.4, 0.5) is 10.1 Å². The van der Waals surface area contributed by atoms with Gasteiger partial charge in [0.2, 0.25) is 10.0 Å². The zero-order valence-corrected chi connectivity index (χ0v) is 20.0. The lowest BCUT2D eigenvalue weighted by molar-refractivity contribution is 0.0914. The number of rotatable bonds is 8. The minimum Gasteiger partial charge on any atom is -0.468 e. The van der Waals surface area contributed by atoms with Crippen molar-refractivity contribution < 1.29 is 26.8 Å². The third-order valence-corrected chi connectivity index (χ3v) is 7.81. The summed E-state index contributed by atoms with van der Waals surface area (Å²) in [6, 6.07) is 11.4. The van der Waals surface area contributed by atoms with E-state index >= 15 is 0 Å². The average molecular weight is 507 g/mol. The molecule has 1 fully saturated rings. The van der Waals surface area contributed by atoms with Crippen molar-refractivity contribution in [1.29, 1.82) is 0 Å². The smallest absolute Gasteiger partial charge is 0.258 e. The van der Waals surface area contributed by atoms with E-state index in [0.717, 1.165) is 36.6 Å². The Morgan fingerprint density at radius 3 is 2.74 bits per heavy atom. The maximum absolute atomic E-state index is 14.6. The summed E-state index contributed by atoms with van der Waals surface area (Å²) in [5.74, 6) is -1.17. The second-order valence-electron chi connectivity index (χ2n) is 8.07. The van der Waals surface area contributed by atoms with E-state index in [1.165, 1.54) is 10.6 Å². The number of aryl methyl sites for hydroxylation is 1. The molecule has 1 aliphatic heterocycles. The molecule has 1 amide bonds. The van der Waals surface area contributed by atoms with Gasteiger partial charge in [-0.2, -0.15) is 4.31 Å². The SMILES string of the molecule is Cc1ccc(NC(=O)c2cc(S(=O)(=O)N(Cc3ccco3)C[C@@H]3CCCO3)ccc2F)cc1Cl. The van der Waals surface area contributed by atoms with Crippen molar-refractivity contribution in [1.82, 2.24) is 4.31 Å². The number of carbonyl (C=O) groups excluding carboxylic acids is 1. The van der Waals surface area contributed by atoms with Gasteiger partial charge >= 0.3 is 0 Å². The van der Waals surface area contributed by atoms with E-state index in [1.54, 1.807) is 30.3 Å². The van der Waals surface area contributed by atoms with Crippen LogP contribution in [0.25, 0.3) is 0 Å². The molecular formula is C24H24ClFN2O5S. The maximum Gasteiger partial charge on any atom is 0.258 e. The van der Waals surface area contributed by atoms with E-state index in [1.807, 2.05) is 6.92 Å². The fourth-order valence-electron chi connectivity index (χ4n) is 3.70. The predicted molar refractivity (Wildman–Crippen MR) is 126 cm³/mol. The summed E-state index contributed by atoms with van der Waals surface area (Å²) in [5.41, 5.74) is 0.792. The van der Waals surface area contributed by atoms with E-state index in [9.17, 15) is 17.6 Å². The topological polar surface area (TPSA) is 88.9 Å². The number of sulfonamides is 1. The van der Waals surface area contributed by atoms with Crippen LogP contribution in [0.1, 0.15) is 34.5 Å². The molecule has 1 aromatic heterocycles. The standard InChI is InChI=1S/C24H24ClFN2O5S/c1-16-6-7-17(12-22(16)25)27-24(29)21-13-20(8-9-23(21)26)34(30,31)28(14-18-4-2-10-32-18)15-19-5-3-11-33-19/h2,4,6-10,12-13,19H,3,5,11,14-15H2,1H3,(H,27,29)/t19-/m0/s1. The fraction of sp³-hybridized carbons (Fsp3) is 0.292.